The van der Waals surface area contributed by atoms with Crippen molar-refractivity contribution < 1.29 is 9.57 Å². The first kappa shape index (κ1) is 16.2. The summed E-state index contributed by atoms with van der Waals surface area (Å²) in [4.78, 5) is 18.7. The number of nitrogens with two attached hydrogens (primary N) is 2. The Labute approximate surface area is 120 Å². The average Bonchev–Trinajstić information content (AvgIpc) is 2.44. The summed E-state index contributed by atoms with van der Waals surface area (Å²) in [6.45, 7) is 0.686. The maximum atomic E-state index is 8.01. The van der Waals surface area contributed by atoms with Gasteiger partial charge >= 0.3 is 6.01 Å². The van der Waals surface area contributed by atoms with Crippen LogP contribution in [0.3, 0.4) is 0 Å². The van der Waals surface area contributed by atoms with E-state index in [4.69, 9.17) is 33.3 Å². The van der Waals surface area contributed by atoms with Crippen LogP contribution in [0.15, 0.2) is 5.28 Å². The van der Waals surface area contributed by atoms with E-state index in [9.17, 15) is 0 Å². The molecule has 1 unspecified atom stereocenters. The molecule has 1 heterocycles. The van der Waals surface area contributed by atoms with Gasteiger partial charge in [0.15, 0.2) is 5.82 Å². The topological polar surface area (TPSA) is 158 Å². The molecule has 0 saturated heterocycles. The van der Waals surface area contributed by atoms with Crippen LogP contribution in [-0.4, -0.2) is 34.7 Å². The minimum atomic E-state index is -0.388. The zero-order chi connectivity index (χ0) is 14.8. The maximum Gasteiger partial charge on any atom is 0.321 e. The van der Waals surface area contributed by atoms with Crippen molar-refractivity contribution in [2.24, 2.45) is 16.7 Å². The summed E-state index contributed by atoms with van der Waals surface area (Å²) in [5.74, 6) is 0.337. The fourth-order valence-electron chi connectivity index (χ4n) is 1.28. The zero-order valence-corrected chi connectivity index (χ0v) is 11.4. The number of azide groups is 1. The number of nitrogens with zero attached hydrogens (tertiary/aromatic N) is 6. The second kappa shape index (κ2) is 9.10. The molecule has 0 aliphatic rings. The smallest absolute Gasteiger partial charge is 0.321 e. The fourth-order valence-corrected chi connectivity index (χ4v) is 1.44. The zero-order valence-electron chi connectivity index (χ0n) is 10.6. The molecule has 0 saturated carbocycles. The summed E-state index contributed by atoms with van der Waals surface area (Å²) in [5.41, 5.74) is 19.3. The van der Waals surface area contributed by atoms with E-state index in [1.54, 1.807) is 0 Å². The Bertz CT molecular complexity index is 467. The molecule has 4 N–H and O–H groups in total. The van der Waals surface area contributed by atoms with Gasteiger partial charge in [0.25, 0.3) is 0 Å². The lowest BCUT2D eigenvalue weighted by atomic mass is 10.1. The van der Waals surface area contributed by atoms with E-state index in [1.165, 1.54) is 0 Å². The van der Waals surface area contributed by atoms with Crippen molar-refractivity contribution in [2.75, 3.05) is 19.8 Å². The van der Waals surface area contributed by atoms with Crippen LogP contribution in [0.1, 0.15) is 24.7 Å². The molecule has 0 bridgehead atoms. The van der Waals surface area contributed by atoms with Gasteiger partial charge in [0.05, 0.1) is 6.04 Å². The molecule has 0 amide bonds. The molecule has 11 heteroatoms. The second-order valence-corrected chi connectivity index (χ2v) is 3.97. The van der Waals surface area contributed by atoms with E-state index >= 15 is 0 Å². The monoisotopic (exact) mass is 302 g/mol. The van der Waals surface area contributed by atoms with E-state index in [-0.39, 0.29) is 30.5 Å². The van der Waals surface area contributed by atoms with Gasteiger partial charge in [0, 0.05) is 4.91 Å². The molecule has 1 rings (SSSR count). The first-order valence-electron chi connectivity index (χ1n) is 5.83. The van der Waals surface area contributed by atoms with Gasteiger partial charge in [0.1, 0.15) is 18.5 Å². The Hall–Kier alpha value is -1.87. The third-order valence-corrected chi connectivity index (χ3v) is 2.32. The van der Waals surface area contributed by atoms with Crippen LogP contribution < -0.4 is 16.2 Å². The highest BCUT2D eigenvalue weighted by Crippen LogP contribution is 2.15. The van der Waals surface area contributed by atoms with E-state index in [0.29, 0.717) is 18.8 Å². The van der Waals surface area contributed by atoms with Gasteiger partial charge in [-0.2, -0.15) is 9.97 Å². The molecule has 0 radical (unpaired) electrons. The van der Waals surface area contributed by atoms with Crippen LogP contribution in [0, 0.1) is 0 Å². The van der Waals surface area contributed by atoms with Crippen molar-refractivity contribution in [1.29, 1.82) is 0 Å². The van der Waals surface area contributed by atoms with Gasteiger partial charge in [-0.15, -0.1) is 0 Å². The quantitative estimate of drug-likeness (QED) is 0.225. The van der Waals surface area contributed by atoms with E-state index in [1.807, 2.05) is 0 Å². The maximum absolute atomic E-state index is 8.01. The van der Waals surface area contributed by atoms with E-state index < -0.39 is 0 Å². The Morgan fingerprint density at radius 3 is 2.85 bits per heavy atom. The summed E-state index contributed by atoms with van der Waals surface area (Å²) < 4.78 is 5.19. The SMILES string of the molecule is [N-]=[N+]=NOCCOc1nc(Cl)nc(C(N)CCCN)n1. The largest absolute Gasteiger partial charge is 0.460 e. The Morgan fingerprint density at radius 1 is 1.35 bits per heavy atom. The van der Waals surface area contributed by atoms with Crippen molar-refractivity contribution in [3.8, 4) is 6.01 Å². The molecule has 0 fully saturated rings. The highest BCUT2D eigenvalue weighted by molar-refractivity contribution is 6.28. The molecule has 1 aromatic rings. The Kier molecular flexibility index (Phi) is 7.36. The Balaban J connectivity index is 2.58. The van der Waals surface area contributed by atoms with Crippen LogP contribution >= 0.6 is 11.6 Å². The normalized spacial score (nSPS) is 11.6. The van der Waals surface area contributed by atoms with Crippen LogP contribution in [0.5, 0.6) is 6.01 Å². The number of halogens is 1. The molecular weight excluding hydrogens is 288 g/mol. The second-order valence-electron chi connectivity index (χ2n) is 3.64. The first-order chi connectivity index (χ1) is 9.67. The molecule has 0 aliphatic carbocycles. The van der Waals surface area contributed by atoms with E-state index in [0.717, 1.165) is 6.42 Å². The lowest BCUT2D eigenvalue weighted by molar-refractivity contribution is 0.0986. The predicted octanol–water partition coefficient (Wildman–Crippen LogP) is 0.884. The van der Waals surface area contributed by atoms with Crippen LogP contribution in [-0.2, 0) is 4.84 Å². The highest BCUT2D eigenvalue weighted by Gasteiger charge is 2.13. The van der Waals surface area contributed by atoms with Gasteiger partial charge < -0.3 is 21.0 Å². The van der Waals surface area contributed by atoms with Gasteiger partial charge in [0.2, 0.25) is 5.28 Å². The predicted molar refractivity (Wildman–Crippen MR) is 70.6 cm³/mol. The van der Waals surface area contributed by atoms with Crippen LogP contribution in [0.25, 0.3) is 10.4 Å². The van der Waals surface area contributed by atoms with Crippen molar-refractivity contribution in [1.82, 2.24) is 15.0 Å². The number of ether oxygens (including phenoxy) is 1. The van der Waals surface area contributed by atoms with Crippen molar-refractivity contribution in [2.45, 2.75) is 18.9 Å². The highest BCUT2D eigenvalue weighted by atomic mass is 35.5. The van der Waals surface area contributed by atoms with E-state index in [2.05, 4.69) is 30.0 Å². The van der Waals surface area contributed by atoms with Gasteiger partial charge in [-0.05, 0) is 36.5 Å². The lowest BCUT2D eigenvalue weighted by Gasteiger charge is -2.11. The van der Waals surface area contributed by atoms with Gasteiger partial charge in [-0.3, -0.25) is 0 Å². The van der Waals surface area contributed by atoms with Crippen molar-refractivity contribution in [3.05, 3.63) is 21.6 Å². The molecular formula is C9H15ClN8O2. The molecule has 20 heavy (non-hydrogen) atoms. The number of hydrogen-bond acceptors (Lipinski definition) is 8. The van der Waals surface area contributed by atoms with Gasteiger partial charge in [-0.1, -0.05) is 0 Å². The number of rotatable bonds is 9. The molecule has 10 nitrogen and oxygen atoms in total. The average molecular weight is 303 g/mol. The molecule has 1 atom stereocenters. The summed E-state index contributed by atoms with van der Waals surface area (Å²) in [6.07, 6.45) is 1.39. The van der Waals surface area contributed by atoms with Crippen LogP contribution in [0.2, 0.25) is 5.28 Å². The van der Waals surface area contributed by atoms with Crippen molar-refractivity contribution >= 4 is 11.6 Å². The molecule has 0 aliphatic heterocycles. The first-order valence-corrected chi connectivity index (χ1v) is 6.21. The summed E-state index contributed by atoms with van der Waals surface area (Å²) in [6, 6.07) is -0.353. The van der Waals surface area contributed by atoms with Gasteiger partial charge in [-0.25, -0.2) is 4.98 Å². The minimum absolute atomic E-state index is 0.0100. The molecule has 1 aromatic heterocycles. The molecule has 110 valence electrons. The third-order valence-electron chi connectivity index (χ3n) is 2.16. The van der Waals surface area contributed by atoms with Crippen molar-refractivity contribution in [3.63, 3.8) is 0 Å². The van der Waals surface area contributed by atoms with Crippen LogP contribution in [0.4, 0.5) is 0 Å². The summed E-state index contributed by atoms with van der Waals surface area (Å²) >= 11 is 5.77. The third kappa shape index (κ3) is 5.85. The summed E-state index contributed by atoms with van der Waals surface area (Å²) in [7, 11) is 0. The lowest BCUT2D eigenvalue weighted by Crippen LogP contribution is -2.17. The Morgan fingerprint density at radius 2 is 2.15 bits per heavy atom. The molecule has 0 aromatic carbocycles. The number of aromatic nitrogens is 3. The molecule has 0 spiro atoms. The minimum Gasteiger partial charge on any atom is -0.460 e. The summed E-state index contributed by atoms with van der Waals surface area (Å²) in [5, 5.41) is 2.88. The number of hydrogen-bond donors (Lipinski definition) is 2. The standard InChI is InChI=1S/C9H15ClN8O2/c10-8-14-7(6(12)2-1-3-11)15-9(16-8)19-4-5-20-18-17-13/h6H,1-5,11-12H2. The fraction of sp³-hybridized carbons (Fsp3) is 0.667.